The van der Waals surface area contributed by atoms with Gasteiger partial charge in [-0.1, -0.05) is 39.0 Å². The number of hydrogen-bond donors (Lipinski definition) is 1. The summed E-state index contributed by atoms with van der Waals surface area (Å²) in [6, 6.07) is 3.65. The molecule has 18 heavy (non-hydrogen) atoms. The molecule has 0 spiro atoms. The lowest BCUT2D eigenvalue weighted by atomic mass is 9.80. The highest BCUT2D eigenvalue weighted by molar-refractivity contribution is 4.96. The van der Waals surface area contributed by atoms with Gasteiger partial charge in [0, 0.05) is 12.1 Å². The second kappa shape index (κ2) is 7.14. The second-order valence-electron chi connectivity index (χ2n) is 6.21. The summed E-state index contributed by atoms with van der Waals surface area (Å²) in [5.41, 5.74) is 0. The number of nitrogens with zero attached hydrogens (tertiary/aromatic N) is 1. The second-order valence-corrected chi connectivity index (χ2v) is 6.21. The third-order valence-electron chi connectivity index (χ3n) is 5.02. The SMILES string of the molecule is CCC(NC1CCCCC1C#N)C1CCCCC1. The standard InChI is InChI=1S/C16H28N2/c1-2-15(13-8-4-3-5-9-13)18-16-11-7-6-10-14(16)12-17/h13-16,18H,2-11H2,1H3. The average Bonchev–Trinajstić information content (AvgIpc) is 2.46. The van der Waals surface area contributed by atoms with Crippen LogP contribution in [-0.4, -0.2) is 12.1 Å². The van der Waals surface area contributed by atoms with Crippen LogP contribution in [-0.2, 0) is 0 Å². The molecule has 0 saturated heterocycles. The molecule has 0 amide bonds. The Morgan fingerprint density at radius 2 is 1.72 bits per heavy atom. The van der Waals surface area contributed by atoms with Crippen molar-refractivity contribution >= 4 is 0 Å². The summed E-state index contributed by atoms with van der Waals surface area (Å²) in [6.45, 7) is 2.30. The maximum absolute atomic E-state index is 9.27. The molecular formula is C16H28N2. The number of hydrogen-bond acceptors (Lipinski definition) is 2. The first-order chi connectivity index (χ1) is 8.85. The molecule has 2 saturated carbocycles. The summed E-state index contributed by atoms with van der Waals surface area (Å²) < 4.78 is 0. The van der Waals surface area contributed by atoms with E-state index in [1.165, 1.54) is 57.8 Å². The molecule has 2 aliphatic rings. The van der Waals surface area contributed by atoms with E-state index >= 15 is 0 Å². The van der Waals surface area contributed by atoms with Gasteiger partial charge < -0.3 is 5.32 Å². The van der Waals surface area contributed by atoms with E-state index in [-0.39, 0.29) is 5.92 Å². The fourth-order valence-corrected chi connectivity index (χ4v) is 3.88. The van der Waals surface area contributed by atoms with Crippen molar-refractivity contribution in [1.29, 1.82) is 5.26 Å². The van der Waals surface area contributed by atoms with Crippen LogP contribution in [0.5, 0.6) is 0 Å². The molecule has 2 rings (SSSR count). The first-order valence-corrected chi connectivity index (χ1v) is 8.00. The van der Waals surface area contributed by atoms with Crippen LogP contribution in [0, 0.1) is 23.2 Å². The Balaban J connectivity index is 1.89. The minimum atomic E-state index is 0.261. The van der Waals surface area contributed by atoms with E-state index < -0.39 is 0 Å². The quantitative estimate of drug-likeness (QED) is 0.815. The fraction of sp³-hybridized carbons (Fsp3) is 0.938. The van der Waals surface area contributed by atoms with E-state index in [0.29, 0.717) is 12.1 Å². The molecular weight excluding hydrogens is 220 g/mol. The van der Waals surface area contributed by atoms with Gasteiger partial charge in [0.25, 0.3) is 0 Å². The van der Waals surface area contributed by atoms with Crippen molar-refractivity contribution in [2.75, 3.05) is 0 Å². The molecule has 0 radical (unpaired) electrons. The van der Waals surface area contributed by atoms with Gasteiger partial charge in [-0.25, -0.2) is 0 Å². The first kappa shape index (κ1) is 13.9. The van der Waals surface area contributed by atoms with Crippen LogP contribution in [0.3, 0.4) is 0 Å². The summed E-state index contributed by atoms with van der Waals surface area (Å²) in [4.78, 5) is 0. The van der Waals surface area contributed by atoms with Gasteiger partial charge in [0.05, 0.1) is 12.0 Å². The van der Waals surface area contributed by atoms with Crippen LogP contribution in [0.1, 0.15) is 71.1 Å². The lowest BCUT2D eigenvalue weighted by molar-refractivity contribution is 0.209. The minimum absolute atomic E-state index is 0.261. The molecule has 0 aromatic heterocycles. The number of nitriles is 1. The fourth-order valence-electron chi connectivity index (χ4n) is 3.88. The third kappa shape index (κ3) is 3.48. The van der Waals surface area contributed by atoms with E-state index in [0.717, 1.165) is 12.3 Å². The molecule has 1 N–H and O–H groups in total. The van der Waals surface area contributed by atoms with Crippen molar-refractivity contribution in [3.8, 4) is 6.07 Å². The molecule has 2 heteroatoms. The molecule has 3 unspecified atom stereocenters. The predicted octanol–water partition coefficient (Wildman–Crippen LogP) is 4.02. The molecule has 0 bridgehead atoms. The van der Waals surface area contributed by atoms with Crippen LogP contribution >= 0.6 is 0 Å². The summed E-state index contributed by atoms with van der Waals surface area (Å²) in [7, 11) is 0. The molecule has 0 heterocycles. The number of nitrogens with one attached hydrogen (secondary N) is 1. The summed E-state index contributed by atoms with van der Waals surface area (Å²) >= 11 is 0. The van der Waals surface area contributed by atoms with E-state index in [1.54, 1.807) is 0 Å². The van der Waals surface area contributed by atoms with Crippen molar-refractivity contribution in [3.63, 3.8) is 0 Å². The van der Waals surface area contributed by atoms with Gasteiger partial charge in [-0.05, 0) is 38.0 Å². The topological polar surface area (TPSA) is 35.8 Å². The summed E-state index contributed by atoms with van der Waals surface area (Å²) in [5.74, 6) is 1.13. The zero-order valence-corrected chi connectivity index (χ0v) is 11.8. The normalized spacial score (nSPS) is 31.8. The smallest absolute Gasteiger partial charge is 0.0672 e. The van der Waals surface area contributed by atoms with Crippen molar-refractivity contribution in [2.45, 2.75) is 83.2 Å². The van der Waals surface area contributed by atoms with Crippen molar-refractivity contribution in [2.24, 2.45) is 11.8 Å². The van der Waals surface area contributed by atoms with Crippen molar-refractivity contribution in [3.05, 3.63) is 0 Å². The monoisotopic (exact) mass is 248 g/mol. The maximum atomic E-state index is 9.27. The van der Waals surface area contributed by atoms with E-state index in [9.17, 15) is 5.26 Å². The largest absolute Gasteiger partial charge is 0.310 e. The van der Waals surface area contributed by atoms with Crippen LogP contribution in [0.15, 0.2) is 0 Å². The highest BCUT2D eigenvalue weighted by atomic mass is 15.0. The molecule has 3 atom stereocenters. The lowest BCUT2D eigenvalue weighted by Gasteiger charge is -2.36. The Morgan fingerprint density at radius 1 is 1.06 bits per heavy atom. The summed E-state index contributed by atoms with van der Waals surface area (Å²) in [6.07, 6.45) is 13.1. The van der Waals surface area contributed by atoms with Crippen LogP contribution in [0.4, 0.5) is 0 Å². The summed E-state index contributed by atoms with van der Waals surface area (Å²) in [5, 5.41) is 13.1. The lowest BCUT2D eigenvalue weighted by Crippen LogP contribution is -2.47. The minimum Gasteiger partial charge on any atom is -0.310 e. The van der Waals surface area contributed by atoms with Gasteiger partial charge in [0.2, 0.25) is 0 Å². The molecule has 2 fully saturated rings. The Kier molecular flexibility index (Phi) is 5.50. The van der Waals surface area contributed by atoms with E-state index in [1.807, 2.05) is 0 Å². The van der Waals surface area contributed by atoms with Gasteiger partial charge >= 0.3 is 0 Å². The highest BCUT2D eigenvalue weighted by Gasteiger charge is 2.29. The Labute approximate surface area is 112 Å². The van der Waals surface area contributed by atoms with E-state index in [4.69, 9.17) is 0 Å². The first-order valence-electron chi connectivity index (χ1n) is 8.00. The van der Waals surface area contributed by atoms with Crippen LogP contribution in [0.25, 0.3) is 0 Å². The highest BCUT2D eigenvalue weighted by Crippen LogP contribution is 2.30. The molecule has 102 valence electrons. The van der Waals surface area contributed by atoms with Crippen LogP contribution < -0.4 is 5.32 Å². The molecule has 0 aromatic carbocycles. The van der Waals surface area contributed by atoms with Crippen molar-refractivity contribution in [1.82, 2.24) is 5.32 Å². The van der Waals surface area contributed by atoms with Gasteiger partial charge in [0.1, 0.15) is 0 Å². The van der Waals surface area contributed by atoms with Gasteiger partial charge in [-0.3, -0.25) is 0 Å². The van der Waals surface area contributed by atoms with Crippen molar-refractivity contribution < 1.29 is 0 Å². The Bertz CT molecular complexity index is 275. The third-order valence-corrected chi connectivity index (χ3v) is 5.02. The molecule has 2 nitrogen and oxygen atoms in total. The van der Waals surface area contributed by atoms with Gasteiger partial charge in [-0.2, -0.15) is 5.26 Å². The van der Waals surface area contributed by atoms with Gasteiger partial charge in [0.15, 0.2) is 0 Å². The van der Waals surface area contributed by atoms with E-state index in [2.05, 4.69) is 18.3 Å². The number of rotatable bonds is 4. The van der Waals surface area contributed by atoms with Gasteiger partial charge in [-0.15, -0.1) is 0 Å². The predicted molar refractivity (Wildman–Crippen MR) is 75.1 cm³/mol. The van der Waals surface area contributed by atoms with Crippen LogP contribution in [0.2, 0.25) is 0 Å². The Hall–Kier alpha value is -0.550. The molecule has 0 aromatic rings. The zero-order chi connectivity index (χ0) is 12.8. The zero-order valence-electron chi connectivity index (χ0n) is 11.8. The Morgan fingerprint density at radius 3 is 2.39 bits per heavy atom. The molecule has 2 aliphatic carbocycles. The average molecular weight is 248 g/mol. The maximum Gasteiger partial charge on any atom is 0.0672 e. The molecule has 0 aliphatic heterocycles.